The zero-order chi connectivity index (χ0) is 13.5. The number of H-pyrrole nitrogens is 1. The molecule has 1 aliphatic carbocycles. The van der Waals surface area contributed by atoms with E-state index in [2.05, 4.69) is 17.1 Å². The Bertz CT molecular complexity index is 613. The normalized spacial score (nSPS) is 16.5. The maximum atomic E-state index is 12.0. The van der Waals surface area contributed by atoms with E-state index in [9.17, 15) is 4.79 Å². The molecule has 1 heterocycles. The molecule has 0 atom stereocenters. The number of aromatic amines is 1. The van der Waals surface area contributed by atoms with E-state index in [4.69, 9.17) is 5.73 Å². The smallest absolute Gasteiger partial charge is 0.242 e. The number of nitrogens with zero attached hydrogens (tertiary/aromatic N) is 1. The molecule has 0 spiro atoms. The Morgan fingerprint density at radius 2 is 2.16 bits per heavy atom. The number of rotatable bonds is 4. The van der Waals surface area contributed by atoms with Crippen LogP contribution in [-0.4, -0.2) is 34.9 Å². The molecule has 2 aromatic rings. The van der Waals surface area contributed by atoms with Gasteiger partial charge in [-0.2, -0.15) is 0 Å². The molecule has 0 radical (unpaired) electrons. The van der Waals surface area contributed by atoms with Crippen LogP contribution in [0.2, 0.25) is 0 Å². The largest absolute Gasteiger partial charge is 0.361 e. The molecule has 0 aliphatic heterocycles. The molecule has 1 saturated carbocycles. The van der Waals surface area contributed by atoms with Crippen molar-refractivity contribution in [3.05, 3.63) is 36.0 Å². The first-order valence-electron chi connectivity index (χ1n) is 6.70. The highest BCUT2D eigenvalue weighted by molar-refractivity contribution is 5.89. The van der Waals surface area contributed by atoms with Gasteiger partial charge in [-0.1, -0.05) is 18.2 Å². The van der Waals surface area contributed by atoms with Crippen molar-refractivity contribution in [1.82, 2.24) is 9.88 Å². The van der Waals surface area contributed by atoms with E-state index in [0.29, 0.717) is 6.54 Å². The van der Waals surface area contributed by atoms with E-state index in [1.165, 1.54) is 10.9 Å². The lowest BCUT2D eigenvalue weighted by Gasteiger charge is -2.20. The maximum absolute atomic E-state index is 12.0. The van der Waals surface area contributed by atoms with Gasteiger partial charge in [0.05, 0.1) is 5.54 Å². The summed E-state index contributed by atoms with van der Waals surface area (Å²) in [4.78, 5) is 17.1. The first-order chi connectivity index (χ1) is 9.10. The fourth-order valence-corrected chi connectivity index (χ4v) is 2.46. The van der Waals surface area contributed by atoms with Crippen molar-refractivity contribution < 1.29 is 4.79 Å². The van der Waals surface area contributed by atoms with Crippen LogP contribution in [-0.2, 0) is 11.2 Å². The van der Waals surface area contributed by atoms with Crippen molar-refractivity contribution in [2.45, 2.75) is 24.8 Å². The molecular formula is C15H19N3O. The molecule has 3 N–H and O–H groups in total. The molecule has 4 heteroatoms. The lowest BCUT2D eigenvalue weighted by molar-refractivity contribution is -0.132. The molecule has 0 unspecified atom stereocenters. The van der Waals surface area contributed by atoms with Crippen molar-refractivity contribution in [3.63, 3.8) is 0 Å². The number of likely N-dealkylation sites (N-methyl/N-ethyl adjacent to an activating group) is 1. The summed E-state index contributed by atoms with van der Waals surface area (Å²) >= 11 is 0. The zero-order valence-corrected chi connectivity index (χ0v) is 11.1. The molecule has 1 aromatic carbocycles. The van der Waals surface area contributed by atoms with Crippen molar-refractivity contribution in [2.75, 3.05) is 13.6 Å². The lowest BCUT2D eigenvalue weighted by atomic mass is 10.1. The Hall–Kier alpha value is -1.81. The predicted molar refractivity (Wildman–Crippen MR) is 75.8 cm³/mol. The average molecular weight is 257 g/mol. The van der Waals surface area contributed by atoms with Crippen LogP contribution in [0.15, 0.2) is 30.5 Å². The topological polar surface area (TPSA) is 62.1 Å². The van der Waals surface area contributed by atoms with Gasteiger partial charge in [-0.05, 0) is 30.9 Å². The minimum Gasteiger partial charge on any atom is -0.361 e. The van der Waals surface area contributed by atoms with Gasteiger partial charge in [0.25, 0.3) is 0 Å². The third-order valence-corrected chi connectivity index (χ3v) is 3.95. The number of para-hydroxylation sites is 1. The number of hydrogen-bond acceptors (Lipinski definition) is 2. The minimum absolute atomic E-state index is 0.0762. The molecule has 4 nitrogen and oxygen atoms in total. The molecule has 100 valence electrons. The fourth-order valence-electron chi connectivity index (χ4n) is 2.46. The number of aromatic nitrogens is 1. The van der Waals surface area contributed by atoms with E-state index >= 15 is 0 Å². The van der Waals surface area contributed by atoms with Crippen LogP contribution in [0.5, 0.6) is 0 Å². The quantitative estimate of drug-likeness (QED) is 0.875. The molecule has 0 bridgehead atoms. The summed E-state index contributed by atoms with van der Waals surface area (Å²) in [7, 11) is 1.84. The highest BCUT2D eigenvalue weighted by atomic mass is 16.2. The highest BCUT2D eigenvalue weighted by Gasteiger charge is 2.47. The van der Waals surface area contributed by atoms with E-state index in [1.807, 2.05) is 25.4 Å². The van der Waals surface area contributed by atoms with Gasteiger partial charge in [-0.25, -0.2) is 0 Å². The highest BCUT2D eigenvalue weighted by Crippen LogP contribution is 2.33. The molecule has 0 saturated heterocycles. The number of amides is 1. The monoisotopic (exact) mass is 257 g/mol. The predicted octanol–water partition coefficient (Wildman–Crippen LogP) is 1.66. The van der Waals surface area contributed by atoms with E-state index in [0.717, 1.165) is 24.8 Å². The Morgan fingerprint density at radius 3 is 2.89 bits per heavy atom. The Labute approximate surface area is 112 Å². The van der Waals surface area contributed by atoms with Gasteiger partial charge >= 0.3 is 0 Å². The standard InChI is InChI=1S/C15H19N3O/c1-18(14(19)15(16)7-8-15)9-6-11-10-17-13-5-3-2-4-12(11)13/h2-5,10,17H,6-9,16H2,1H3. The molecule has 1 amide bonds. The second-order valence-corrected chi connectivity index (χ2v) is 5.49. The Kier molecular flexibility index (Phi) is 2.82. The minimum atomic E-state index is -0.561. The van der Waals surface area contributed by atoms with Gasteiger partial charge < -0.3 is 15.6 Å². The van der Waals surface area contributed by atoms with Crippen LogP contribution in [0, 0.1) is 0 Å². The summed E-state index contributed by atoms with van der Waals surface area (Å²) in [5, 5.41) is 1.23. The van der Waals surface area contributed by atoms with Gasteiger partial charge in [-0.15, -0.1) is 0 Å². The summed E-state index contributed by atoms with van der Waals surface area (Å²) < 4.78 is 0. The van der Waals surface area contributed by atoms with Crippen molar-refractivity contribution in [2.24, 2.45) is 5.73 Å². The van der Waals surface area contributed by atoms with Crippen LogP contribution >= 0.6 is 0 Å². The number of benzene rings is 1. The second kappa shape index (κ2) is 4.38. The van der Waals surface area contributed by atoms with Crippen molar-refractivity contribution in [1.29, 1.82) is 0 Å². The van der Waals surface area contributed by atoms with E-state index in [-0.39, 0.29) is 5.91 Å². The molecule has 1 aliphatic rings. The Morgan fingerprint density at radius 1 is 1.42 bits per heavy atom. The summed E-state index contributed by atoms with van der Waals surface area (Å²) in [6, 6.07) is 8.22. The molecule has 1 aromatic heterocycles. The summed E-state index contributed by atoms with van der Waals surface area (Å²) in [5.74, 6) is 0.0762. The van der Waals surface area contributed by atoms with Gasteiger partial charge in [0.1, 0.15) is 0 Å². The maximum Gasteiger partial charge on any atom is 0.242 e. The number of nitrogens with two attached hydrogens (primary N) is 1. The third kappa shape index (κ3) is 2.24. The van der Waals surface area contributed by atoms with Crippen molar-refractivity contribution >= 4 is 16.8 Å². The number of nitrogens with one attached hydrogen (secondary N) is 1. The van der Waals surface area contributed by atoms with Crippen LogP contribution in [0.4, 0.5) is 0 Å². The van der Waals surface area contributed by atoms with Crippen LogP contribution in [0.3, 0.4) is 0 Å². The fraction of sp³-hybridized carbons (Fsp3) is 0.400. The summed E-state index contributed by atoms with van der Waals surface area (Å²) in [5.41, 5.74) is 7.76. The van der Waals surface area contributed by atoms with Crippen LogP contribution in [0.25, 0.3) is 10.9 Å². The number of fused-ring (bicyclic) bond motifs is 1. The second-order valence-electron chi connectivity index (χ2n) is 5.49. The number of hydrogen-bond donors (Lipinski definition) is 2. The molecular weight excluding hydrogens is 238 g/mol. The zero-order valence-electron chi connectivity index (χ0n) is 11.1. The van der Waals surface area contributed by atoms with Gasteiger partial charge in [0.15, 0.2) is 0 Å². The van der Waals surface area contributed by atoms with Crippen molar-refractivity contribution in [3.8, 4) is 0 Å². The van der Waals surface area contributed by atoms with Crippen LogP contribution in [0.1, 0.15) is 18.4 Å². The average Bonchev–Trinajstić information content (AvgIpc) is 3.04. The summed E-state index contributed by atoms with van der Waals surface area (Å²) in [6.07, 6.45) is 4.52. The number of carbonyl (C=O) groups excluding carboxylic acids is 1. The summed E-state index contributed by atoms with van der Waals surface area (Å²) in [6.45, 7) is 0.708. The first-order valence-corrected chi connectivity index (χ1v) is 6.70. The number of carbonyl (C=O) groups is 1. The Balaban J connectivity index is 1.67. The van der Waals surface area contributed by atoms with E-state index < -0.39 is 5.54 Å². The SMILES string of the molecule is CN(CCc1c[nH]c2ccccc12)C(=O)C1(N)CC1. The lowest BCUT2D eigenvalue weighted by Crippen LogP contribution is -2.44. The van der Waals surface area contributed by atoms with Gasteiger partial charge in [0.2, 0.25) is 5.91 Å². The first kappa shape index (κ1) is 12.2. The van der Waals surface area contributed by atoms with Gasteiger partial charge in [-0.3, -0.25) is 4.79 Å². The van der Waals surface area contributed by atoms with Crippen LogP contribution < -0.4 is 5.73 Å². The molecule has 19 heavy (non-hydrogen) atoms. The van der Waals surface area contributed by atoms with E-state index in [1.54, 1.807) is 4.90 Å². The molecule has 3 rings (SSSR count). The molecule has 1 fully saturated rings. The van der Waals surface area contributed by atoms with Gasteiger partial charge in [0, 0.05) is 30.7 Å². The third-order valence-electron chi connectivity index (χ3n) is 3.95.